The summed E-state index contributed by atoms with van der Waals surface area (Å²) in [5.74, 6) is 0.659. The molecule has 1 aromatic heterocycles. The lowest BCUT2D eigenvalue weighted by Crippen LogP contribution is -2.36. The van der Waals surface area contributed by atoms with E-state index >= 15 is 0 Å². The number of rotatable bonds is 7. The van der Waals surface area contributed by atoms with E-state index in [1.165, 1.54) is 4.88 Å². The van der Waals surface area contributed by atoms with E-state index in [4.69, 9.17) is 0 Å². The minimum atomic E-state index is -4.31. The zero-order valence-electron chi connectivity index (χ0n) is 13.8. The van der Waals surface area contributed by atoms with Gasteiger partial charge in [-0.2, -0.15) is 13.2 Å². The predicted octanol–water partition coefficient (Wildman–Crippen LogP) is 3.69. The number of thiophene rings is 1. The van der Waals surface area contributed by atoms with Crippen molar-refractivity contribution in [3.8, 4) is 0 Å². The third-order valence-corrected chi connectivity index (χ3v) is 4.10. The van der Waals surface area contributed by atoms with Gasteiger partial charge in [0.15, 0.2) is 5.96 Å². The molecule has 0 spiro atoms. The summed E-state index contributed by atoms with van der Waals surface area (Å²) in [7, 11) is 1.69. The lowest BCUT2D eigenvalue weighted by molar-refractivity contribution is -0.176. The number of nitrogens with one attached hydrogen (secondary N) is 2. The van der Waals surface area contributed by atoms with Crippen LogP contribution in [-0.4, -0.2) is 25.8 Å². The number of hydrogen-bond acceptors (Lipinski definition) is 3. The summed E-state index contributed by atoms with van der Waals surface area (Å²) in [6.45, 7) is -0.118. The smallest absolute Gasteiger partial charge is 0.367 e. The Morgan fingerprint density at radius 3 is 2.56 bits per heavy atom. The SMILES string of the molecule is CN=C(NCc1cccc(COCC(F)(F)F)c1)NCc1cccs1. The fourth-order valence-electron chi connectivity index (χ4n) is 2.10. The van der Waals surface area contributed by atoms with Gasteiger partial charge in [0.05, 0.1) is 13.2 Å². The van der Waals surface area contributed by atoms with E-state index in [0.717, 1.165) is 5.56 Å². The van der Waals surface area contributed by atoms with Crippen LogP contribution in [0.2, 0.25) is 0 Å². The predicted molar refractivity (Wildman–Crippen MR) is 93.5 cm³/mol. The monoisotopic (exact) mass is 371 g/mol. The highest BCUT2D eigenvalue weighted by Gasteiger charge is 2.27. The number of halogens is 3. The van der Waals surface area contributed by atoms with Gasteiger partial charge in [-0.3, -0.25) is 4.99 Å². The highest BCUT2D eigenvalue weighted by atomic mass is 32.1. The Bertz CT molecular complexity index is 672. The standard InChI is InChI=1S/C17H20F3N3OS/c1-21-16(23-10-15-6-3-7-25-15)22-9-13-4-2-5-14(8-13)11-24-12-17(18,19)20/h2-8H,9-12H2,1H3,(H2,21,22,23). The van der Waals surface area contributed by atoms with Crippen molar-refractivity contribution >= 4 is 17.3 Å². The van der Waals surface area contributed by atoms with Crippen LogP contribution in [0.3, 0.4) is 0 Å². The minimum Gasteiger partial charge on any atom is -0.367 e. The summed E-state index contributed by atoms with van der Waals surface area (Å²) in [4.78, 5) is 5.35. The van der Waals surface area contributed by atoms with Gasteiger partial charge in [0.2, 0.25) is 0 Å². The maximum Gasteiger partial charge on any atom is 0.411 e. The van der Waals surface area contributed by atoms with Gasteiger partial charge in [-0.05, 0) is 22.6 Å². The van der Waals surface area contributed by atoms with Gasteiger partial charge in [-0.1, -0.05) is 30.3 Å². The van der Waals surface area contributed by atoms with Gasteiger partial charge in [0.25, 0.3) is 0 Å². The van der Waals surface area contributed by atoms with Gasteiger partial charge in [-0.25, -0.2) is 0 Å². The molecule has 0 aliphatic rings. The lowest BCUT2D eigenvalue weighted by atomic mass is 10.1. The van der Waals surface area contributed by atoms with Crippen molar-refractivity contribution in [2.75, 3.05) is 13.7 Å². The van der Waals surface area contributed by atoms with Gasteiger partial charge in [0.1, 0.15) is 6.61 Å². The molecule has 0 saturated heterocycles. The van der Waals surface area contributed by atoms with E-state index in [1.807, 2.05) is 29.6 Å². The Kier molecular flexibility index (Phi) is 7.27. The molecule has 0 amide bonds. The second kappa shape index (κ2) is 9.43. The Morgan fingerprint density at radius 2 is 1.88 bits per heavy atom. The zero-order chi connectivity index (χ0) is 18.1. The van der Waals surface area contributed by atoms with Gasteiger partial charge in [-0.15, -0.1) is 11.3 Å². The van der Waals surface area contributed by atoms with Crippen LogP contribution in [0.1, 0.15) is 16.0 Å². The molecule has 4 nitrogen and oxygen atoms in total. The molecular weight excluding hydrogens is 351 g/mol. The largest absolute Gasteiger partial charge is 0.411 e. The Labute approximate surface area is 148 Å². The number of hydrogen-bond donors (Lipinski definition) is 2. The van der Waals surface area contributed by atoms with E-state index in [1.54, 1.807) is 30.5 Å². The summed E-state index contributed by atoms with van der Waals surface area (Å²) < 4.78 is 41.0. The van der Waals surface area contributed by atoms with Crippen molar-refractivity contribution < 1.29 is 17.9 Å². The first-order chi connectivity index (χ1) is 12.0. The summed E-state index contributed by atoms with van der Waals surface area (Å²) in [6, 6.07) is 11.3. The fourth-order valence-corrected chi connectivity index (χ4v) is 2.75. The van der Waals surface area contributed by atoms with Crippen molar-refractivity contribution in [2.24, 2.45) is 4.99 Å². The van der Waals surface area contributed by atoms with Gasteiger partial charge >= 0.3 is 6.18 Å². The van der Waals surface area contributed by atoms with E-state index in [2.05, 4.69) is 20.4 Å². The second-order valence-electron chi connectivity index (χ2n) is 5.29. The molecule has 1 heterocycles. The number of alkyl halides is 3. The molecule has 25 heavy (non-hydrogen) atoms. The molecule has 0 aliphatic heterocycles. The quantitative estimate of drug-likeness (QED) is 0.576. The van der Waals surface area contributed by atoms with E-state index in [9.17, 15) is 13.2 Å². The average molecular weight is 371 g/mol. The zero-order valence-corrected chi connectivity index (χ0v) is 14.6. The number of aliphatic imine (C=N–C) groups is 1. The van der Waals surface area contributed by atoms with Crippen molar-refractivity contribution in [1.82, 2.24) is 10.6 Å². The number of ether oxygens (including phenoxy) is 1. The highest BCUT2D eigenvalue weighted by molar-refractivity contribution is 7.09. The van der Waals surface area contributed by atoms with Gasteiger partial charge in [0, 0.05) is 18.5 Å². The van der Waals surface area contributed by atoms with Crippen LogP contribution < -0.4 is 10.6 Å². The molecule has 0 aliphatic carbocycles. The maximum atomic E-state index is 12.1. The molecule has 1 aromatic carbocycles. The minimum absolute atomic E-state index is 0.0707. The molecule has 2 rings (SSSR count). The molecule has 0 bridgehead atoms. The summed E-state index contributed by atoms with van der Waals surface area (Å²) in [5, 5.41) is 8.40. The number of nitrogens with zero attached hydrogens (tertiary/aromatic N) is 1. The Morgan fingerprint density at radius 1 is 1.12 bits per heavy atom. The summed E-state index contributed by atoms with van der Waals surface area (Å²) in [5.41, 5.74) is 1.64. The second-order valence-corrected chi connectivity index (χ2v) is 6.32. The summed E-state index contributed by atoms with van der Waals surface area (Å²) >= 11 is 1.66. The molecule has 0 fully saturated rings. The van der Waals surface area contributed by atoms with Crippen molar-refractivity contribution in [2.45, 2.75) is 25.9 Å². The van der Waals surface area contributed by atoms with Crippen molar-refractivity contribution in [3.63, 3.8) is 0 Å². The lowest BCUT2D eigenvalue weighted by Gasteiger charge is -2.12. The number of benzene rings is 1. The van der Waals surface area contributed by atoms with Crippen LogP contribution in [-0.2, 0) is 24.4 Å². The van der Waals surface area contributed by atoms with Gasteiger partial charge < -0.3 is 15.4 Å². The van der Waals surface area contributed by atoms with Crippen LogP contribution in [0, 0.1) is 0 Å². The van der Waals surface area contributed by atoms with Crippen molar-refractivity contribution in [3.05, 3.63) is 57.8 Å². The third-order valence-electron chi connectivity index (χ3n) is 3.22. The Balaban J connectivity index is 1.80. The van der Waals surface area contributed by atoms with Crippen LogP contribution in [0.4, 0.5) is 13.2 Å². The summed E-state index contributed by atoms with van der Waals surface area (Å²) in [6.07, 6.45) is -4.31. The highest BCUT2D eigenvalue weighted by Crippen LogP contribution is 2.16. The molecular formula is C17H20F3N3OS. The molecule has 0 radical (unpaired) electrons. The molecule has 2 aromatic rings. The third kappa shape index (κ3) is 7.57. The van der Waals surface area contributed by atoms with Crippen LogP contribution in [0.25, 0.3) is 0 Å². The maximum absolute atomic E-state index is 12.1. The molecule has 0 atom stereocenters. The molecule has 136 valence electrons. The van der Waals surface area contributed by atoms with Crippen molar-refractivity contribution in [1.29, 1.82) is 0 Å². The fraction of sp³-hybridized carbons (Fsp3) is 0.353. The Hall–Kier alpha value is -2.06. The first-order valence-corrected chi connectivity index (χ1v) is 8.53. The molecule has 2 N–H and O–H groups in total. The van der Waals surface area contributed by atoms with E-state index < -0.39 is 12.8 Å². The first kappa shape index (κ1) is 19.3. The first-order valence-electron chi connectivity index (χ1n) is 7.65. The van der Waals surface area contributed by atoms with E-state index in [-0.39, 0.29) is 6.61 Å². The molecule has 0 unspecified atom stereocenters. The molecule has 0 saturated carbocycles. The van der Waals surface area contributed by atoms with Crippen LogP contribution >= 0.6 is 11.3 Å². The van der Waals surface area contributed by atoms with Crippen LogP contribution in [0.15, 0.2) is 46.8 Å². The number of guanidine groups is 1. The average Bonchev–Trinajstić information content (AvgIpc) is 3.08. The molecule has 8 heteroatoms. The topological polar surface area (TPSA) is 45.7 Å². The van der Waals surface area contributed by atoms with Crippen LogP contribution in [0.5, 0.6) is 0 Å². The normalized spacial score (nSPS) is 12.2. The van der Waals surface area contributed by atoms with E-state index in [0.29, 0.717) is 24.6 Å².